The predicted octanol–water partition coefficient (Wildman–Crippen LogP) is 3.49. The van der Waals surface area contributed by atoms with Crippen molar-refractivity contribution in [1.82, 2.24) is 5.32 Å². The Labute approximate surface area is 126 Å². The zero-order valence-corrected chi connectivity index (χ0v) is 12.1. The molecule has 2 aromatic rings. The van der Waals surface area contributed by atoms with Crippen LogP contribution in [0.25, 0.3) is 0 Å². The summed E-state index contributed by atoms with van der Waals surface area (Å²) in [6, 6.07) is 11.5. The number of nitrogens with one attached hydrogen (secondary N) is 1. The average molecular weight is 305 g/mol. The van der Waals surface area contributed by atoms with Crippen molar-refractivity contribution in [1.29, 1.82) is 0 Å². The Morgan fingerprint density at radius 1 is 1.29 bits per heavy atom. The van der Waals surface area contributed by atoms with Gasteiger partial charge < -0.3 is 5.32 Å². The number of aryl methyl sites for hydroxylation is 1. The standard InChI is InChI=1S/C15H13ClN2O3/c1-10-4-2-3-5-11(10)9-17-15(19)13-7-6-12(18(20)21)8-14(13)16/h2-8H,9H2,1H3,(H,17,19). The molecule has 0 bridgehead atoms. The van der Waals surface area contributed by atoms with Gasteiger partial charge in [0.05, 0.1) is 15.5 Å². The van der Waals surface area contributed by atoms with Crippen LogP contribution in [-0.2, 0) is 6.54 Å². The van der Waals surface area contributed by atoms with E-state index in [0.717, 1.165) is 11.1 Å². The number of rotatable bonds is 4. The first-order valence-electron chi connectivity index (χ1n) is 6.25. The average Bonchev–Trinajstić information content (AvgIpc) is 2.46. The molecule has 1 N–H and O–H groups in total. The fraction of sp³-hybridized carbons (Fsp3) is 0.133. The molecule has 21 heavy (non-hydrogen) atoms. The number of benzene rings is 2. The van der Waals surface area contributed by atoms with E-state index in [1.54, 1.807) is 0 Å². The van der Waals surface area contributed by atoms with Crippen molar-refractivity contribution in [3.05, 3.63) is 74.3 Å². The summed E-state index contributed by atoms with van der Waals surface area (Å²) in [7, 11) is 0. The molecule has 0 unspecified atom stereocenters. The third-order valence-corrected chi connectivity index (χ3v) is 3.42. The van der Waals surface area contributed by atoms with Crippen molar-refractivity contribution >= 4 is 23.2 Å². The van der Waals surface area contributed by atoms with Gasteiger partial charge in [0.15, 0.2) is 0 Å². The Kier molecular flexibility index (Phi) is 4.55. The molecule has 0 fully saturated rings. The summed E-state index contributed by atoms with van der Waals surface area (Å²) in [6.45, 7) is 2.33. The lowest BCUT2D eigenvalue weighted by molar-refractivity contribution is -0.384. The highest BCUT2D eigenvalue weighted by molar-refractivity contribution is 6.34. The monoisotopic (exact) mass is 304 g/mol. The molecule has 108 valence electrons. The zero-order valence-electron chi connectivity index (χ0n) is 11.3. The van der Waals surface area contributed by atoms with Crippen LogP contribution in [0, 0.1) is 17.0 Å². The van der Waals surface area contributed by atoms with E-state index >= 15 is 0 Å². The van der Waals surface area contributed by atoms with E-state index in [1.807, 2.05) is 31.2 Å². The predicted molar refractivity (Wildman–Crippen MR) is 80.5 cm³/mol. The number of halogens is 1. The van der Waals surface area contributed by atoms with Crippen LogP contribution in [0.2, 0.25) is 5.02 Å². The number of carbonyl (C=O) groups excluding carboxylic acids is 1. The molecular formula is C15H13ClN2O3. The topological polar surface area (TPSA) is 72.2 Å². The fourth-order valence-electron chi connectivity index (χ4n) is 1.88. The smallest absolute Gasteiger partial charge is 0.270 e. The SMILES string of the molecule is Cc1ccccc1CNC(=O)c1ccc([N+](=O)[O-])cc1Cl. The number of carbonyl (C=O) groups is 1. The largest absolute Gasteiger partial charge is 0.348 e. The number of amides is 1. The van der Waals surface area contributed by atoms with Crippen LogP contribution >= 0.6 is 11.6 Å². The molecule has 0 aliphatic heterocycles. The van der Waals surface area contributed by atoms with Crippen molar-refractivity contribution in [3.8, 4) is 0 Å². The maximum atomic E-state index is 12.1. The lowest BCUT2D eigenvalue weighted by Gasteiger charge is -2.08. The van der Waals surface area contributed by atoms with Crippen LogP contribution in [0.5, 0.6) is 0 Å². The molecule has 0 aliphatic rings. The zero-order chi connectivity index (χ0) is 15.4. The molecule has 0 aliphatic carbocycles. The number of nitro benzene ring substituents is 1. The van der Waals surface area contributed by atoms with Gasteiger partial charge in [-0.1, -0.05) is 35.9 Å². The number of nitro groups is 1. The van der Waals surface area contributed by atoms with Gasteiger partial charge in [0.2, 0.25) is 0 Å². The minimum absolute atomic E-state index is 0.0616. The van der Waals surface area contributed by atoms with E-state index in [-0.39, 0.29) is 22.2 Å². The molecule has 0 saturated heterocycles. The quantitative estimate of drug-likeness (QED) is 0.694. The van der Waals surface area contributed by atoms with E-state index in [9.17, 15) is 14.9 Å². The highest BCUT2D eigenvalue weighted by Gasteiger charge is 2.14. The van der Waals surface area contributed by atoms with Crippen LogP contribution < -0.4 is 5.32 Å². The molecule has 0 heterocycles. The third kappa shape index (κ3) is 3.58. The molecule has 2 rings (SSSR count). The Hall–Kier alpha value is -2.40. The number of non-ortho nitro benzene ring substituents is 1. The van der Waals surface area contributed by atoms with E-state index in [2.05, 4.69) is 5.32 Å². The van der Waals surface area contributed by atoms with Gasteiger partial charge >= 0.3 is 0 Å². The summed E-state index contributed by atoms with van der Waals surface area (Å²) < 4.78 is 0. The summed E-state index contributed by atoms with van der Waals surface area (Å²) >= 11 is 5.92. The molecule has 6 heteroatoms. The first-order valence-corrected chi connectivity index (χ1v) is 6.63. The van der Waals surface area contributed by atoms with E-state index in [0.29, 0.717) is 6.54 Å². The lowest BCUT2D eigenvalue weighted by atomic mass is 10.1. The summed E-state index contributed by atoms with van der Waals surface area (Å²) in [5.74, 6) is -0.363. The van der Waals surface area contributed by atoms with Crippen molar-refractivity contribution in [3.63, 3.8) is 0 Å². The molecule has 0 atom stereocenters. The van der Waals surface area contributed by atoms with Crippen LogP contribution in [0.4, 0.5) is 5.69 Å². The summed E-state index contributed by atoms with van der Waals surface area (Å²) in [5, 5.41) is 13.4. The molecule has 2 aromatic carbocycles. The van der Waals surface area contributed by atoms with Crippen LogP contribution in [0.15, 0.2) is 42.5 Å². The van der Waals surface area contributed by atoms with Gasteiger partial charge in [-0.3, -0.25) is 14.9 Å². The van der Waals surface area contributed by atoms with Crippen molar-refractivity contribution in [2.75, 3.05) is 0 Å². The van der Waals surface area contributed by atoms with Gasteiger partial charge in [0, 0.05) is 18.7 Å². The number of nitrogens with zero attached hydrogens (tertiary/aromatic N) is 1. The second-order valence-corrected chi connectivity index (χ2v) is 4.94. The molecule has 1 amide bonds. The van der Waals surface area contributed by atoms with Gasteiger partial charge in [-0.05, 0) is 24.1 Å². The van der Waals surface area contributed by atoms with Crippen molar-refractivity contribution < 1.29 is 9.72 Å². The molecule has 5 nitrogen and oxygen atoms in total. The summed E-state index contributed by atoms with van der Waals surface area (Å²) in [5.41, 5.74) is 2.16. The molecular weight excluding hydrogens is 292 g/mol. The van der Waals surface area contributed by atoms with E-state index < -0.39 is 4.92 Å². The Morgan fingerprint density at radius 3 is 2.62 bits per heavy atom. The molecule has 0 aromatic heterocycles. The van der Waals surface area contributed by atoms with Gasteiger partial charge in [0.25, 0.3) is 11.6 Å². The second kappa shape index (κ2) is 6.37. The lowest BCUT2D eigenvalue weighted by Crippen LogP contribution is -2.23. The molecule has 0 radical (unpaired) electrons. The fourth-order valence-corrected chi connectivity index (χ4v) is 2.14. The maximum absolute atomic E-state index is 12.1. The number of hydrogen-bond acceptors (Lipinski definition) is 3. The first-order chi connectivity index (χ1) is 9.99. The van der Waals surface area contributed by atoms with Gasteiger partial charge in [-0.2, -0.15) is 0 Å². The second-order valence-electron chi connectivity index (χ2n) is 4.53. The van der Waals surface area contributed by atoms with Gasteiger partial charge in [0.1, 0.15) is 0 Å². The van der Waals surface area contributed by atoms with Crippen molar-refractivity contribution in [2.24, 2.45) is 0 Å². The van der Waals surface area contributed by atoms with Crippen LogP contribution in [0.1, 0.15) is 21.5 Å². The summed E-state index contributed by atoms with van der Waals surface area (Å²) in [4.78, 5) is 22.1. The Morgan fingerprint density at radius 2 is 2.00 bits per heavy atom. The van der Waals surface area contributed by atoms with E-state index in [1.165, 1.54) is 18.2 Å². The summed E-state index contributed by atoms with van der Waals surface area (Å²) in [6.07, 6.45) is 0. The minimum Gasteiger partial charge on any atom is -0.348 e. The van der Waals surface area contributed by atoms with Gasteiger partial charge in [-0.25, -0.2) is 0 Å². The highest BCUT2D eigenvalue weighted by atomic mass is 35.5. The Balaban J connectivity index is 2.11. The van der Waals surface area contributed by atoms with E-state index in [4.69, 9.17) is 11.6 Å². The third-order valence-electron chi connectivity index (χ3n) is 3.11. The van der Waals surface area contributed by atoms with Gasteiger partial charge in [-0.15, -0.1) is 0 Å². The van der Waals surface area contributed by atoms with Crippen LogP contribution in [-0.4, -0.2) is 10.8 Å². The van der Waals surface area contributed by atoms with Crippen molar-refractivity contribution in [2.45, 2.75) is 13.5 Å². The highest BCUT2D eigenvalue weighted by Crippen LogP contribution is 2.22. The molecule has 0 spiro atoms. The molecule has 0 saturated carbocycles. The maximum Gasteiger partial charge on any atom is 0.270 e. The Bertz CT molecular complexity index is 701. The first kappa shape index (κ1) is 15.0. The normalized spacial score (nSPS) is 10.2. The minimum atomic E-state index is -0.555. The van der Waals surface area contributed by atoms with Crippen LogP contribution in [0.3, 0.4) is 0 Å². The number of hydrogen-bond donors (Lipinski definition) is 1.